The summed E-state index contributed by atoms with van der Waals surface area (Å²) < 4.78 is 13.4. The van der Waals surface area contributed by atoms with Gasteiger partial charge in [-0.05, 0) is 31.5 Å². The lowest BCUT2D eigenvalue weighted by atomic mass is 9.99. The van der Waals surface area contributed by atoms with E-state index < -0.39 is 17.3 Å². The number of carboxylic acids is 1. The van der Waals surface area contributed by atoms with Gasteiger partial charge in [-0.1, -0.05) is 18.5 Å². The molecule has 0 radical (unpaired) electrons. The summed E-state index contributed by atoms with van der Waals surface area (Å²) in [4.78, 5) is 11.0. The maximum absolute atomic E-state index is 13.4. The van der Waals surface area contributed by atoms with Gasteiger partial charge in [0.25, 0.3) is 0 Å². The van der Waals surface area contributed by atoms with E-state index in [9.17, 15) is 9.18 Å². The highest BCUT2D eigenvalue weighted by molar-refractivity contribution is 6.30. The van der Waals surface area contributed by atoms with Gasteiger partial charge in [-0.15, -0.1) is 0 Å². The molecule has 1 atom stereocenters. The number of carboxylic acid groups (broad SMARTS) is 1. The molecule has 0 fully saturated rings. The average molecular weight is 246 g/mol. The Morgan fingerprint density at radius 2 is 2.25 bits per heavy atom. The van der Waals surface area contributed by atoms with Crippen molar-refractivity contribution in [3.05, 3.63) is 29.0 Å². The number of benzene rings is 1. The fourth-order valence-electron chi connectivity index (χ4n) is 1.18. The minimum Gasteiger partial charge on any atom is -0.480 e. The van der Waals surface area contributed by atoms with Crippen LogP contribution in [0.1, 0.15) is 20.3 Å². The van der Waals surface area contributed by atoms with Crippen LogP contribution in [-0.2, 0) is 4.79 Å². The van der Waals surface area contributed by atoms with Crippen molar-refractivity contribution >= 4 is 23.3 Å². The number of anilines is 1. The van der Waals surface area contributed by atoms with Crippen LogP contribution in [0.5, 0.6) is 0 Å². The van der Waals surface area contributed by atoms with Gasteiger partial charge in [0.05, 0.1) is 5.69 Å². The first-order valence-electron chi connectivity index (χ1n) is 4.85. The molecule has 1 unspecified atom stereocenters. The summed E-state index contributed by atoms with van der Waals surface area (Å²) in [6, 6.07) is 4.07. The second-order valence-corrected chi connectivity index (χ2v) is 4.18. The maximum atomic E-state index is 13.4. The van der Waals surface area contributed by atoms with Crippen LogP contribution < -0.4 is 5.32 Å². The van der Waals surface area contributed by atoms with Crippen LogP contribution in [0.4, 0.5) is 10.1 Å². The molecule has 3 nitrogen and oxygen atoms in total. The Bertz CT molecular complexity index is 411. The Morgan fingerprint density at radius 3 is 2.69 bits per heavy atom. The molecule has 1 aromatic rings. The lowest BCUT2D eigenvalue weighted by Gasteiger charge is -2.26. The van der Waals surface area contributed by atoms with Gasteiger partial charge in [0.15, 0.2) is 0 Å². The normalized spacial score (nSPS) is 14.2. The minimum absolute atomic E-state index is 0.135. The zero-order valence-electron chi connectivity index (χ0n) is 9.05. The van der Waals surface area contributed by atoms with Crippen molar-refractivity contribution in [2.75, 3.05) is 5.32 Å². The first-order chi connectivity index (χ1) is 7.39. The average Bonchev–Trinajstić information content (AvgIpc) is 2.22. The van der Waals surface area contributed by atoms with Crippen molar-refractivity contribution < 1.29 is 14.3 Å². The predicted molar refractivity (Wildman–Crippen MR) is 61.4 cm³/mol. The highest BCUT2D eigenvalue weighted by Crippen LogP contribution is 2.24. The Hall–Kier alpha value is -1.29. The zero-order chi connectivity index (χ0) is 12.3. The number of rotatable bonds is 4. The zero-order valence-corrected chi connectivity index (χ0v) is 9.81. The van der Waals surface area contributed by atoms with Gasteiger partial charge in [-0.25, -0.2) is 9.18 Å². The fraction of sp³-hybridized carbons (Fsp3) is 0.364. The Labute approximate surface area is 98.2 Å². The highest BCUT2D eigenvalue weighted by Gasteiger charge is 2.31. The number of hydrogen-bond acceptors (Lipinski definition) is 2. The molecule has 2 N–H and O–H groups in total. The molecule has 0 saturated heterocycles. The molecule has 0 saturated carbocycles. The molecule has 0 heterocycles. The standard InChI is InChI=1S/C11H13ClFNO2/c1-3-11(2,10(15)16)14-9-5-4-7(12)6-8(9)13/h4-6,14H,3H2,1-2H3,(H,15,16). The van der Waals surface area contributed by atoms with E-state index in [4.69, 9.17) is 16.7 Å². The number of nitrogens with one attached hydrogen (secondary N) is 1. The quantitative estimate of drug-likeness (QED) is 0.857. The third kappa shape index (κ3) is 2.64. The number of aliphatic carboxylic acids is 1. The van der Waals surface area contributed by atoms with Crippen LogP contribution in [0.3, 0.4) is 0 Å². The van der Waals surface area contributed by atoms with Crippen molar-refractivity contribution in [1.29, 1.82) is 0 Å². The van der Waals surface area contributed by atoms with Crippen molar-refractivity contribution in [2.24, 2.45) is 0 Å². The molecular weight excluding hydrogens is 233 g/mol. The number of carbonyl (C=O) groups is 1. The van der Waals surface area contributed by atoms with Crippen molar-refractivity contribution in [2.45, 2.75) is 25.8 Å². The van der Waals surface area contributed by atoms with Crippen molar-refractivity contribution in [3.8, 4) is 0 Å². The monoisotopic (exact) mass is 245 g/mol. The Morgan fingerprint density at radius 1 is 1.62 bits per heavy atom. The summed E-state index contributed by atoms with van der Waals surface area (Å²) in [6.07, 6.45) is 0.338. The van der Waals surface area contributed by atoms with Crippen LogP contribution in [-0.4, -0.2) is 16.6 Å². The van der Waals surface area contributed by atoms with Gasteiger partial charge in [0, 0.05) is 5.02 Å². The molecule has 88 valence electrons. The molecule has 0 bridgehead atoms. The fourth-order valence-corrected chi connectivity index (χ4v) is 1.34. The first kappa shape index (κ1) is 12.8. The molecule has 0 aromatic heterocycles. The third-order valence-electron chi connectivity index (χ3n) is 2.52. The minimum atomic E-state index is -1.19. The number of halogens is 2. The highest BCUT2D eigenvalue weighted by atomic mass is 35.5. The van der Waals surface area contributed by atoms with E-state index in [0.29, 0.717) is 6.42 Å². The summed E-state index contributed by atoms with van der Waals surface area (Å²) in [7, 11) is 0. The molecule has 5 heteroatoms. The summed E-state index contributed by atoms with van der Waals surface area (Å²) in [6.45, 7) is 3.22. The van der Waals surface area contributed by atoms with Gasteiger partial charge in [-0.2, -0.15) is 0 Å². The van der Waals surface area contributed by atoms with E-state index in [1.807, 2.05) is 0 Å². The van der Waals surface area contributed by atoms with E-state index in [0.717, 1.165) is 6.07 Å². The van der Waals surface area contributed by atoms with E-state index in [2.05, 4.69) is 5.32 Å². The van der Waals surface area contributed by atoms with Gasteiger partial charge in [0.2, 0.25) is 0 Å². The molecule has 0 aliphatic rings. The van der Waals surface area contributed by atoms with E-state index in [1.165, 1.54) is 19.1 Å². The second kappa shape index (κ2) is 4.70. The van der Waals surface area contributed by atoms with Crippen LogP contribution in [0, 0.1) is 5.82 Å². The topological polar surface area (TPSA) is 49.3 Å². The summed E-state index contributed by atoms with van der Waals surface area (Å²) in [5.41, 5.74) is -1.05. The van der Waals surface area contributed by atoms with Gasteiger partial charge in [-0.3, -0.25) is 0 Å². The van der Waals surface area contributed by atoms with Crippen LogP contribution in [0.15, 0.2) is 18.2 Å². The molecule has 0 spiro atoms. The molecule has 16 heavy (non-hydrogen) atoms. The number of hydrogen-bond donors (Lipinski definition) is 2. The smallest absolute Gasteiger partial charge is 0.329 e. The molecular formula is C11H13ClFNO2. The van der Waals surface area contributed by atoms with Gasteiger partial charge < -0.3 is 10.4 Å². The Kier molecular flexibility index (Phi) is 3.75. The van der Waals surface area contributed by atoms with Gasteiger partial charge >= 0.3 is 5.97 Å². The Balaban J connectivity index is 2.99. The first-order valence-corrected chi connectivity index (χ1v) is 5.23. The maximum Gasteiger partial charge on any atom is 0.329 e. The largest absolute Gasteiger partial charge is 0.480 e. The van der Waals surface area contributed by atoms with Crippen molar-refractivity contribution in [3.63, 3.8) is 0 Å². The second-order valence-electron chi connectivity index (χ2n) is 3.74. The molecule has 1 aromatic carbocycles. The van der Waals surface area contributed by atoms with Gasteiger partial charge in [0.1, 0.15) is 11.4 Å². The summed E-state index contributed by atoms with van der Waals surface area (Å²) >= 11 is 5.60. The molecule has 0 aliphatic heterocycles. The predicted octanol–water partition coefficient (Wildman–Crippen LogP) is 3.14. The van der Waals surface area contributed by atoms with E-state index in [1.54, 1.807) is 6.92 Å². The molecule has 0 amide bonds. The summed E-state index contributed by atoms with van der Waals surface area (Å²) in [5.74, 6) is -1.59. The van der Waals surface area contributed by atoms with Crippen molar-refractivity contribution in [1.82, 2.24) is 0 Å². The lowest BCUT2D eigenvalue weighted by molar-refractivity contribution is -0.141. The third-order valence-corrected chi connectivity index (χ3v) is 2.76. The molecule has 0 aliphatic carbocycles. The summed E-state index contributed by atoms with van der Waals surface area (Å²) in [5, 5.41) is 12.0. The van der Waals surface area contributed by atoms with Crippen LogP contribution in [0.2, 0.25) is 5.02 Å². The lowest BCUT2D eigenvalue weighted by Crippen LogP contribution is -2.42. The SMILES string of the molecule is CCC(C)(Nc1ccc(Cl)cc1F)C(=O)O. The molecule has 1 rings (SSSR count). The van der Waals surface area contributed by atoms with Crippen LogP contribution >= 0.6 is 11.6 Å². The van der Waals surface area contributed by atoms with E-state index >= 15 is 0 Å². The van der Waals surface area contributed by atoms with Crippen LogP contribution in [0.25, 0.3) is 0 Å². The van der Waals surface area contributed by atoms with E-state index in [-0.39, 0.29) is 10.7 Å².